The van der Waals surface area contributed by atoms with Crippen molar-refractivity contribution in [2.24, 2.45) is 10.8 Å². The average molecular weight is 300 g/mol. The normalized spacial score (nSPS) is 11.0. The highest BCUT2D eigenvalue weighted by Crippen LogP contribution is 2.21. The quantitative estimate of drug-likeness (QED) is 0.520. The highest BCUT2D eigenvalue weighted by molar-refractivity contribution is 7.80. The van der Waals surface area contributed by atoms with E-state index in [1.165, 1.54) is 11.1 Å². The number of aromatic nitrogens is 1. The first kappa shape index (κ1) is 15.3. The van der Waals surface area contributed by atoms with Gasteiger partial charge in [0.25, 0.3) is 0 Å². The third kappa shape index (κ3) is 3.31. The fourth-order valence-corrected chi connectivity index (χ4v) is 2.40. The van der Waals surface area contributed by atoms with E-state index in [1.807, 2.05) is 0 Å². The van der Waals surface area contributed by atoms with Gasteiger partial charge >= 0.3 is 0 Å². The molecule has 2 rings (SSSR count). The molecule has 1 heterocycles. The Kier molecular flexibility index (Phi) is 4.43. The average Bonchev–Trinajstić information content (AvgIpc) is 2.68. The van der Waals surface area contributed by atoms with Crippen LogP contribution in [0.25, 0.3) is 5.69 Å². The second-order valence-electron chi connectivity index (χ2n) is 5.16. The zero-order valence-corrected chi connectivity index (χ0v) is 13.6. The van der Waals surface area contributed by atoms with E-state index in [0.29, 0.717) is 0 Å². The van der Waals surface area contributed by atoms with Gasteiger partial charge < -0.3 is 10.3 Å². The zero-order chi connectivity index (χ0) is 15.6. The maximum atomic E-state index is 5.35. The number of hydrazone groups is 1. The third-order valence-corrected chi connectivity index (χ3v) is 3.69. The molecule has 0 unspecified atom stereocenters. The number of hydrogen-bond acceptors (Lipinski definition) is 2. The van der Waals surface area contributed by atoms with Crippen LogP contribution in [0.3, 0.4) is 0 Å². The molecule has 0 aliphatic carbocycles. The minimum absolute atomic E-state index is 0.161. The van der Waals surface area contributed by atoms with Crippen LogP contribution in [0.2, 0.25) is 0 Å². The molecular weight excluding hydrogens is 280 g/mol. The van der Waals surface area contributed by atoms with Gasteiger partial charge in [0.1, 0.15) is 0 Å². The van der Waals surface area contributed by atoms with Gasteiger partial charge in [-0.2, -0.15) is 5.10 Å². The van der Waals surface area contributed by atoms with E-state index in [-0.39, 0.29) is 5.11 Å². The zero-order valence-electron chi connectivity index (χ0n) is 12.8. The molecule has 0 bridgehead atoms. The van der Waals surface area contributed by atoms with Gasteiger partial charge in [0.15, 0.2) is 5.11 Å². The molecule has 4 nitrogen and oxygen atoms in total. The SMILES string of the molecule is Cc1ccc(-n2c(C)cc(/C=N\NC(N)=S)c2C)cc1C. The molecule has 0 radical (unpaired) electrons. The Morgan fingerprint density at radius 3 is 2.52 bits per heavy atom. The van der Waals surface area contributed by atoms with E-state index >= 15 is 0 Å². The molecule has 0 saturated heterocycles. The van der Waals surface area contributed by atoms with Crippen molar-refractivity contribution in [1.29, 1.82) is 0 Å². The summed E-state index contributed by atoms with van der Waals surface area (Å²) in [6.07, 6.45) is 1.74. The molecule has 0 aliphatic rings. The van der Waals surface area contributed by atoms with Gasteiger partial charge in [-0.3, -0.25) is 5.43 Å². The molecule has 21 heavy (non-hydrogen) atoms. The maximum absolute atomic E-state index is 5.35. The molecule has 5 heteroatoms. The summed E-state index contributed by atoms with van der Waals surface area (Å²) < 4.78 is 2.22. The maximum Gasteiger partial charge on any atom is 0.184 e. The standard InChI is InChI=1S/C16H20N4S/c1-10-5-6-15(7-11(10)2)20-12(3)8-14(13(20)4)9-18-19-16(17)21/h5-9H,1-4H3,(H3,17,19,21)/b18-9-. The first-order valence-corrected chi connectivity index (χ1v) is 7.16. The summed E-state index contributed by atoms with van der Waals surface area (Å²) in [6.45, 7) is 8.40. The molecule has 3 N–H and O–H groups in total. The summed E-state index contributed by atoms with van der Waals surface area (Å²) in [7, 11) is 0. The van der Waals surface area contributed by atoms with Crippen molar-refractivity contribution in [3.8, 4) is 5.69 Å². The van der Waals surface area contributed by atoms with Gasteiger partial charge in [0.2, 0.25) is 0 Å². The molecule has 0 fully saturated rings. The molecule has 110 valence electrons. The number of nitrogens with zero attached hydrogens (tertiary/aromatic N) is 2. The number of aryl methyl sites for hydroxylation is 3. The number of nitrogens with two attached hydrogens (primary N) is 1. The smallest absolute Gasteiger partial charge is 0.184 e. The van der Waals surface area contributed by atoms with E-state index in [1.54, 1.807) is 6.21 Å². The fourth-order valence-electron chi connectivity index (χ4n) is 2.35. The van der Waals surface area contributed by atoms with Crippen molar-refractivity contribution in [3.63, 3.8) is 0 Å². The monoisotopic (exact) mass is 300 g/mol. The molecule has 0 atom stereocenters. The lowest BCUT2D eigenvalue weighted by Gasteiger charge is -2.11. The highest BCUT2D eigenvalue weighted by Gasteiger charge is 2.09. The lowest BCUT2D eigenvalue weighted by atomic mass is 10.1. The van der Waals surface area contributed by atoms with Gasteiger partial charge in [-0.15, -0.1) is 0 Å². The number of nitrogens with one attached hydrogen (secondary N) is 1. The summed E-state index contributed by atoms with van der Waals surface area (Å²) in [5.41, 5.74) is 15.0. The van der Waals surface area contributed by atoms with Gasteiger partial charge in [0, 0.05) is 22.6 Å². The van der Waals surface area contributed by atoms with E-state index in [0.717, 1.165) is 22.6 Å². The third-order valence-electron chi connectivity index (χ3n) is 3.60. The van der Waals surface area contributed by atoms with E-state index in [2.05, 4.69) is 67.1 Å². The van der Waals surface area contributed by atoms with Crippen LogP contribution in [0, 0.1) is 27.7 Å². The summed E-state index contributed by atoms with van der Waals surface area (Å²) in [4.78, 5) is 0. The summed E-state index contributed by atoms with van der Waals surface area (Å²) in [6, 6.07) is 8.57. The van der Waals surface area contributed by atoms with Crippen molar-refractivity contribution in [3.05, 3.63) is 52.3 Å². The Bertz CT molecular complexity index is 713. The lowest BCUT2D eigenvalue weighted by Crippen LogP contribution is -2.24. The largest absolute Gasteiger partial charge is 0.375 e. The summed E-state index contributed by atoms with van der Waals surface area (Å²) in [5, 5.41) is 4.19. The van der Waals surface area contributed by atoms with E-state index < -0.39 is 0 Å². The molecule has 0 spiro atoms. The molecule has 0 saturated carbocycles. The van der Waals surface area contributed by atoms with Crippen molar-refractivity contribution < 1.29 is 0 Å². The van der Waals surface area contributed by atoms with Gasteiger partial charge in [-0.05, 0) is 69.2 Å². The van der Waals surface area contributed by atoms with Crippen LogP contribution >= 0.6 is 12.2 Å². The molecule has 1 aromatic carbocycles. The van der Waals surface area contributed by atoms with Crippen LogP contribution in [-0.4, -0.2) is 15.9 Å². The number of rotatable bonds is 3. The van der Waals surface area contributed by atoms with E-state index in [9.17, 15) is 0 Å². The Hall–Kier alpha value is -2.14. The predicted octanol–water partition coefficient (Wildman–Crippen LogP) is 2.88. The lowest BCUT2D eigenvalue weighted by molar-refractivity contribution is 0.960. The van der Waals surface area contributed by atoms with Crippen LogP contribution < -0.4 is 11.2 Å². The minimum atomic E-state index is 0.161. The number of hydrogen-bond donors (Lipinski definition) is 2. The van der Waals surface area contributed by atoms with Crippen molar-refractivity contribution in [1.82, 2.24) is 9.99 Å². The first-order chi connectivity index (χ1) is 9.90. The Morgan fingerprint density at radius 1 is 1.19 bits per heavy atom. The predicted molar refractivity (Wildman–Crippen MR) is 92.2 cm³/mol. The van der Waals surface area contributed by atoms with Crippen LogP contribution in [0.15, 0.2) is 29.4 Å². The summed E-state index contributed by atoms with van der Waals surface area (Å²) >= 11 is 4.73. The number of thiocarbonyl (C=S) groups is 1. The highest BCUT2D eigenvalue weighted by atomic mass is 32.1. The second-order valence-corrected chi connectivity index (χ2v) is 5.60. The molecule has 0 amide bonds. The van der Waals surface area contributed by atoms with Crippen molar-refractivity contribution >= 4 is 23.5 Å². The Labute approximate surface area is 130 Å². The summed E-state index contributed by atoms with van der Waals surface area (Å²) in [5.74, 6) is 0. The molecule has 1 aromatic heterocycles. The van der Waals surface area contributed by atoms with Crippen LogP contribution in [-0.2, 0) is 0 Å². The van der Waals surface area contributed by atoms with Crippen LogP contribution in [0.4, 0.5) is 0 Å². The molecular formula is C16H20N4S. The van der Waals surface area contributed by atoms with Gasteiger partial charge in [-0.1, -0.05) is 6.07 Å². The van der Waals surface area contributed by atoms with Gasteiger partial charge in [-0.25, -0.2) is 0 Å². The van der Waals surface area contributed by atoms with Crippen molar-refractivity contribution in [2.45, 2.75) is 27.7 Å². The van der Waals surface area contributed by atoms with Gasteiger partial charge in [0.05, 0.1) is 6.21 Å². The van der Waals surface area contributed by atoms with Crippen LogP contribution in [0.5, 0.6) is 0 Å². The van der Waals surface area contributed by atoms with E-state index in [4.69, 9.17) is 18.0 Å². The van der Waals surface area contributed by atoms with Crippen molar-refractivity contribution in [2.75, 3.05) is 0 Å². The second kappa shape index (κ2) is 6.10. The first-order valence-electron chi connectivity index (χ1n) is 6.75. The van der Waals surface area contributed by atoms with Crippen LogP contribution in [0.1, 0.15) is 28.1 Å². The minimum Gasteiger partial charge on any atom is -0.375 e. The fraction of sp³-hybridized carbons (Fsp3) is 0.250. The Morgan fingerprint density at radius 2 is 1.90 bits per heavy atom. The molecule has 0 aliphatic heterocycles. The molecule has 2 aromatic rings. The number of benzene rings is 1. The Balaban J connectivity index is 2.41. The topological polar surface area (TPSA) is 55.3 Å².